The number of carbonyl (C=O) groups excluding carboxylic acids is 2. The van der Waals surface area contributed by atoms with Gasteiger partial charge in [0.05, 0.1) is 11.7 Å². The maximum absolute atomic E-state index is 12.3. The van der Waals surface area contributed by atoms with Crippen LogP contribution < -0.4 is 16.0 Å². The Morgan fingerprint density at radius 1 is 1.41 bits per heavy atom. The number of amides is 3. The number of hydrogen-bond acceptors (Lipinski definition) is 3. The van der Waals surface area contributed by atoms with Gasteiger partial charge in [0.1, 0.15) is 0 Å². The topological polar surface area (TPSA) is 90.5 Å². The monoisotopic (exact) mass is 299 g/mol. The van der Waals surface area contributed by atoms with Crippen molar-refractivity contribution in [2.24, 2.45) is 0 Å². The Bertz CT molecular complexity index is 721. The van der Waals surface area contributed by atoms with Crippen LogP contribution in [0.5, 0.6) is 0 Å². The Balaban J connectivity index is 1.82. The first-order valence-electron chi connectivity index (χ1n) is 7.06. The fraction of sp³-hybridized carbons (Fsp3) is 0.250. The van der Waals surface area contributed by atoms with Crippen LogP contribution in [0.3, 0.4) is 0 Å². The summed E-state index contributed by atoms with van der Waals surface area (Å²) in [5.41, 5.74) is 3.28. The van der Waals surface area contributed by atoms with Crippen LogP contribution in [0.1, 0.15) is 29.2 Å². The summed E-state index contributed by atoms with van der Waals surface area (Å²) in [6.45, 7) is 5.50. The summed E-state index contributed by atoms with van der Waals surface area (Å²) < 4.78 is 0. The number of nitrogens with one attached hydrogen (secondary N) is 3. The van der Waals surface area contributed by atoms with Crippen molar-refractivity contribution in [2.75, 3.05) is 0 Å². The van der Waals surface area contributed by atoms with E-state index in [1.807, 2.05) is 6.92 Å². The molecule has 0 unspecified atom stereocenters. The minimum atomic E-state index is -0.587. The van der Waals surface area contributed by atoms with Gasteiger partial charge in [-0.1, -0.05) is 30.3 Å². The Hall–Kier alpha value is -2.76. The predicted octanol–water partition coefficient (Wildman–Crippen LogP) is 1.69. The molecule has 4 N–H and O–H groups in total. The molecule has 22 heavy (non-hydrogen) atoms. The largest absolute Gasteiger partial charge is 0.504 e. The SMILES string of the molecule is C=C1NC(=O)NC(C(=O)N[C@H]2CCc3ccc(C)cc32)=C1O. The highest BCUT2D eigenvalue weighted by atomic mass is 16.3. The van der Waals surface area contributed by atoms with Crippen molar-refractivity contribution in [3.63, 3.8) is 0 Å². The van der Waals surface area contributed by atoms with Crippen molar-refractivity contribution < 1.29 is 14.7 Å². The van der Waals surface area contributed by atoms with Crippen LogP contribution >= 0.6 is 0 Å². The number of aliphatic hydroxyl groups is 1. The highest BCUT2D eigenvalue weighted by Gasteiger charge is 2.29. The van der Waals surface area contributed by atoms with E-state index in [1.54, 1.807) is 0 Å². The normalized spacial score (nSPS) is 20.3. The van der Waals surface area contributed by atoms with E-state index in [1.165, 1.54) is 5.56 Å². The second-order valence-electron chi connectivity index (χ2n) is 5.55. The molecular weight excluding hydrogens is 282 g/mol. The molecule has 6 heteroatoms. The van der Waals surface area contributed by atoms with E-state index in [4.69, 9.17) is 0 Å². The fourth-order valence-corrected chi connectivity index (χ4v) is 2.82. The van der Waals surface area contributed by atoms with Gasteiger partial charge in [-0.05, 0) is 30.9 Å². The molecule has 0 spiro atoms. The van der Waals surface area contributed by atoms with Crippen LogP contribution in [0.15, 0.2) is 41.9 Å². The molecular formula is C16H17N3O3. The second-order valence-corrected chi connectivity index (χ2v) is 5.55. The maximum Gasteiger partial charge on any atom is 0.324 e. The lowest BCUT2D eigenvalue weighted by Crippen LogP contribution is -2.45. The molecule has 114 valence electrons. The van der Waals surface area contributed by atoms with E-state index < -0.39 is 11.9 Å². The minimum Gasteiger partial charge on any atom is -0.504 e. The maximum atomic E-state index is 12.3. The van der Waals surface area contributed by atoms with Gasteiger partial charge in [0.15, 0.2) is 11.5 Å². The molecule has 1 aliphatic carbocycles. The highest BCUT2D eigenvalue weighted by Crippen LogP contribution is 2.32. The van der Waals surface area contributed by atoms with E-state index in [9.17, 15) is 14.7 Å². The van der Waals surface area contributed by atoms with Crippen LogP contribution in [0, 0.1) is 6.92 Å². The average molecular weight is 299 g/mol. The highest BCUT2D eigenvalue weighted by molar-refractivity contribution is 6.00. The van der Waals surface area contributed by atoms with E-state index in [-0.39, 0.29) is 23.2 Å². The molecule has 1 aromatic carbocycles. The predicted molar refractivity (Wildman–Crippen MR) is 80.8 cm³/mol. The third kappa shape index (κ3) is 2.43. The minimum absolute atomic E-state index is 0.0107. The molecule has 3 amide bonds. The van der Waals surface area contributed by atoms with Crippen LogP contribution in [0.4, 0.5) is 4.79 Å². The van der Waals surface area contributed by atoms with E-state index >= 15 is 0 Å². The molecule has 1 heterocycles. The first-order valence-corrected chi connectivity index (χ1v) is 7.06. The lowest BCUT2D eigenvalue weighted by molar-refractivity contribution is -0.118. The van der Waals surface area contributed by atoms with Crippen LogP contribution in [0.25, 0.3) is 0 Å². The third-order valence-corrected chi connectivity index (χ3v) is 3.94. The zero-order valence-corrected chi connectivity index (χ0v) is 12.2. The standard InChI is InChI=1S/C16H17N3O3/c1-8-3-4-10-5-6-12(11(10)7-8)18-15(21)13-14(20)9(2)17-16(22)19-13/h3-4,7,12,20H,2,5-6H2,1H3,(H,18,21)(H2,17,19,22)/t12-/m0/s1. The zero-order chi connectivity index (χ0) is 15.9. The van der Waals surface area contributed by atoms with Crippen molar-refractivity contribution in [1.82, 2.24) is 16.0 Å². The molecule has 1 atom stereocenters. The number of carbonyl (C=O) groups is 2. The summed E-state index contributed by atoms with van der Waals surface area (Å²) in [6, 6.07) is 5.47. The van der Waals surface area contributed by atoms with Gasteiger partial charge < -0.3 is 15.7 Å². The summed E-state index contributed by atoms with van der Waals surface area (Å²) >= 11 is 0. The Morgan fingerprint density at radius 2 is 2.18 bits per heavy atom. The summed E-state index contributed by atoms with van der Waals surface area (Å²) in [6.07, 6.45) is 1.69. The second kappa shape index (κ2) is 5.22. The van der Waals surface area contributed by atoms with Crippen molar-refractivity contribution in [1.29, 1.82) is 0 Å². The lowest BCUT2D eigenvalue weighted by atomic mass is 10.0. The third-order valence-electron chi connectivity index (χ3n) is 3.94. The molecule has 6 nitrogen and oxygen atoms in total. The van der Waals surface area contributed by atoms with Crippen LogP contribution in [-0.4, -0.2) is 17.0 Å². The molecule has 1 aliphatic heterocycles. The van der Waals surface area contributed by atoms with Gasteiger partial charge in [-0.2, -0.15) is 0 Å². The first kappa shape index (κ1) is 14.2. The van der Waals surface area contributed by atoms with Gasteiger partial charge in [0.25, 0.3) is 5.91 Å². The molecule has 2 aliphatic rings. The summed E-state index contributed by atoms with van der Waals surface area (Å²) in [5, 5.41) is 17.4. The average Bonchev–Trinajstić information content (AvgIpc) is 2.85. The molecule has 0 saturated carbocycles. The van der Waals surface area contributed by atoms with Gasteiger partial charge in [-0.3, -0.25) is 10.1 Å². The lowest BCUT2D eigenvalue weighted by Gasteiger charge is -2.21. The number of rotatable bonds is 2. The van der Waals surface area contributed by atoms with Crippen LogP contribution in [0.2, 0.25) is 0 Å². The van der Waals surface area contributed by atoms with Gasteiger partial charge in [0.2, 0.25) is 0 Å². The fourth-order valence-electron chi connectivity index (χ4n) is 2.82. The number of aliphatic hydroxyl groups excluding tert-OH is 1. The van der Waals surface area contributed by atoms with E-state index in [0.29, 0.717) is 0 Å². The summed E-state index contributed by atoms with van der Waals surface area (Å²) in [7, 11) is 0. The number of aryl methyl sites for hydroxylation is 2. The molecule has 0 bridgehead atoms. The molecule has 1 aromatic rings. The number of hydrogen-bond donors (Lipinski definition) is 4. The van der Waals surface area contributed by atoms with Gasteiger partial charge in [0, 0.05) is 0 Å². The number of urea groups is 1. The van der Waals surface area contributed by atoms with Crippen molar-refractivity contribution in [3.05, 3.63) is 58.6 Å². The first-order chi connectivity index (χ1) is 10.5. The van der Waals surface area contributed by atoms with Gasteiger partial charge in [-0.15, -0.1) is 0 Å². The van der Waals surface area contributed by atoms with Crippen LogP contribution in [-0.2, 0) is 11.2 Å². The van der Waals surface area contributed by atoms with E-state index in [0.717, 1.165) is 24.0 Å². The van der Waals surface area contributed by atoms with Gasteiger partial charge >= 0.3 is 6.03 Å². The van der Waals surface area contributed by atoms with Crippen molar-refractivity contribution in [3.8, 4) is 0 Å². The summed E-state index contributed by atoms with van der Waals surface area (Å²) in [5.74, 6) is -0.868. The summed E-state index contributed by atoms with van der Waals surface area (Å²) in [4.78, 5) is 23.7. The smallest absolute Gasteiger partial charge is 0.324 e. The molecule has 3 rings (SSSR count). The van der Waals surface area contributed by atoms with Gasteiger partial charge in [-0.25, -0.2) is 4.79 Å². The Kier molecular flexibility index (Phi) is 3.36. The van der Waals surface area contributed by atoms with Crippen molar-refractivity contribution in [2.45, 2.75) is 25.8 Å². The zero-order valence-electron chi connectivity index (χ0n) is 12.2. The molecule has 0 saturated heterocycles. The number of fused-ring (bicyclic) bond motifs is 1. The number of benzene rings is 1. The Morgan fingerprint density at radius 3 is 2.95 bits per heavy atom. The molecule has 0 aromatic heterocycles. The molecule has 0 radical (unpaired) electrons. The Labute approximate surface area is 127 Å². The molecule has 0 fully saturated rings. The van der Waals surface area contributed by atoms with Crippen molar-refractivity contribution >= 4 is 11.9 Å². The van der Waals surface area contributed by atoms with E-state index in [2.05, 4.69) is 40.7 Å². The quantitative estimate of drug-likeness (QED) is 0.670.